The lowest BCUT2D eigenvalue weighted by molar-refractivity contribution is -0.119. The highest BCUT2D eigenvalue weighted by atomic mass is 32.1. The van der Waals surface area contributed by atoms with E-state index in [1.165, 1.54) is 11.3 Å². The number of anilines is 1. The van der Waals surface area contributed by atoms with Gasteiger partial charge in [-0.3, -0.25) is 4.79 Å². The Morgan fingerprint density at radius 3 is 2.33 bits per heavy atom. The van der Waals surface area contributed by atoms with Crippen molar-refractivity contribution in [3.8, 4) is 0 Å². The van der Waals surface area contributed by atoms with Crippen molar-refractivity contribution >= 4 is 34.2 Å². The molecule has 0 unspecified atom stereocenters. The number of hydrogen-bond donors (Lipinski definition) is 1. The topological polar surface area (TPSA) is 81.7 Å². The van der Waals surface area contributed by atoms with E-state index >= 15 is 0 Å². The third kappa shape index (κ3) is 4.95. The molecule has 1 aromatic carbocycles. The molecule has 0 saturated heterocycles. The van der Waals surface area contributed by atoms with Gasteiger partial charge in [-0.05, 0) is 63.4 Å². The summed E-state index contributed by atoms with van der Waals surface area (Å²) in [6.07, 6.45) is 0. The summed E-state index contributed by atoms with van der Waals surface area (Å²) in [6, 6.07) is 5.21. The van der Waals surface area contributed by atoms with Gasteiger partial charge in [0, 0.05) is 4.88 Å². The number of rotatable bonds is 6. The predicted octanol–water partition coefficient (Wildman–Crippen LogP) is 3.95. The van der Waals surface area contributed by atoms with E-state index in [0.29, 0.717) is 16.1 Å². The van der Waals surface area contributed by atoms with Crippen molar-refractivity contribution in [1.29, 1.82) is 0 Å². The molecule has 0 aliphatic heterocycles. The van der Waals surface area contributed by atoms with Crippen molar-refractivity contribution < 1.29 is 23.9 Å². The average molecular weight is 389 g/mol. The quantitative estimate of drug-likeness (QED) is 0.757. The van der Waals surface area contributed by atoms with Crippen LogP contribution in [0.1, 0.15) is 49.2 Å². The Morgan fingerprint density at radius 2 is 1.70 bits per heavy atom. The smallest absolute Gasteiger partial charge is 0.341 e. The second kappa shape index (κ2) is 8.81. The van der Waals surface area contributed by atoms with Crippen LogP contribution in [-0.2, 0) is 14.3 Å². The van der Waals surface area contributed by atoms with E-state index in [2.05, 4.69) is 5.32 Å². The van der Waals surface area contributed by atoms with Gasteiger partial charge in [0.05, 0.1) is 17.7 Å². The first kappa shape index (κ1) is 20.6. The van der Waals surface area contributed by atoms with Gasteiger partial charge >= 0.3 is 11.9 Å². The minimum Gasteiger partial charge on any atom is -0.462 e. The summed E-state index contributed by atoms with van der Waals surface area (Å²) in [5.41, 5.74) is 3.53. The summed E-state index contributed by atoms with van der Waals surface area (Å²) < 4.78 is 10.1. The third-order valence-corrected chi connectivity index (χ3v) is 5.32. The van der Waals surface area contributed by atoms with Gasteiger partial charge in [-0.15, -0.1) is 11.3 Å². The Kier molecular flexibility index (Phi) is 6.74. The van der Waals surface area contributed by atoms with Crippen LogP contribution in [0, 0.1) is 27.7 Å². The number of aryl methyl sites for hydroxylation is 3. The molecule has 0 atom stereocenters. The van der Waals surface area contributed by atoms with E-state index in [4.69, 9.17) is 9.47 Å². The third-order valence-electron chi connectivity index (χ3n) is 4.19. The van der Waals surface area contributed by atoms with Crippen LogP contribution < -0.4 is 5.32 Å². The van der Waals surface area contributed by atoms with Gasteiger partial charge < -0.3 is 14.8 Å². The molecule has 0 saturated carbocycles. The molecule has 144 valence electrons. The monoisotopic (exact) mass is 389 g/mol. The zero-order valence-electron chi connectivity index (χ0n) is 16.1. The van der Waals surface area contributed by atoms with E-state index in [-0.39, 0.29) is 6.61 Å². The number of ether oxygens (including phenoxy) is 2. The minimum absolute atomic E-state index is 0.244. The highest BCUT2D eigenvalue weighted by Crippen LogP contribution is 2.33. The van der Waals surface area contributed by atoms with Crippen molar-refractivity contribution in [3.05, 3.63) is 50.9 Å². The van der Waals surface area contributed by atoms with E-state index in [9.17, 15) is 14.4 Å². The van der Waals surface area contributed by atoms with Crippen LogP contribution in [0.25, 0.3) is 0 Å². The van der Waals surface area contributed by atoms with Gasteiger partial charge in [-0.2, -0.15) is 0 Å². The Morgan fingerprint density at radius 1 is 1.00 bits per heavy atom. The summed E-state index contributed by atoms with van der Waals surface area (Å²) in [4.78, 5) is 37.3. The summed E-state index contributed by atoms with van der Waals surface area (Å²) in [7, 11) is 0. The number of carbonyl (C=O) groups is 3. The van der Waals surface area contributed by atoms with E-state index in [0.717, 1.165) is 21.6 Å². The zero-order valence-corrected chi connectivity index (χ0v) is 16.9. The lowest BCUT2D eigenvalue weighted by atomic mass is 10.1. The number of esters is 2. The molecule has 1 aromatic heterocycles. The molecule has 7 heteroatoms. The maximum Gasteiger partial charge on any atom is 0.341 e. The molecule has 2 aromatic rings. The van der Waals surface area contributed by atoms with Crippen LogP contribution in [-0.4, -0.2) is 31.1 Å². The number of nitrogens with one attached hydrogen (secondary N) is 1. The number of amides is 1. The maximum absolute atomic E-state index is 12.2. The number of carbonyl (C=O) groups excluding carboxylic acids is 3. The fourth-order valence-electron chi connectivity index (χ4n) is 2.41. The largest absolute Gasteiger partial charge is 0.462 e. The van der Waals surface area contributed by atoms with Crippen molar-refractivity contribution in [2.75, 3.05) is 18.5 Å². The summed E-state index contributed by atoms with van der Waals surface area (Å²) in [5.74, 6) is -1.57. The van der Waals surface area contributed by atoms with Crippen molar-refractivity contribution in [2.24, 2.45) is 0 Å². The molecule has 0 radical (unpaired) electrons. The molecule has 0 fully saturated rings. The molecule has 2 rings (SSSR count). The second-order valence-corrected chi connectivity index (χ2v) is 7.36. The molecular weight excluding hydrogens is 366 g/mol. The summed E-state index contributed by atoms with van der Waals surface area (Å²) in [6.45, 7) is 9.03. The van der Waals surface area contributed by atoms with E-state index < -0.39 is 24.5 Å². The van der Waals surface area contributed by atoms with Crippen molar-refractivity contribution in [3.63, 3.8) is 0 Å². The Bertz CT molecular complexity index is 885. The molecule has 0 aliphatic rings. The molecule has 1 heterocycles. The van der Waals surface area contributed by atoms with Crippen molar-refractivity contribution in [2.45, 2.75) is 34.6 Å². The van der Waals surface area contributed by atoms with Crippen LogP contribution in [0.2, 0.25) is 0 Å². The molecule has 0 bridgehead atoms. The molecular formula is C20H23NO5S. The van der Waals surface area contributed by atoms with Crippen LogP contribution in [0.3, 0.4) is 0 Å². The van der Waals surface area contributed by atoms with Gasteiger partial charge in [-0.25, -0.2) is 9.59 Å². The standard InChI is InChI=1S/C20H23NO5S/c1-6-25-20(24)17-13(4)14(5)27-18(17)21-16(22)10-26-19(23)15-8-7-11(2)12(3)9-15/h7-9H,6,10H2,1-5H3,(H,21,22). The molecule has 0 aliphatic carbocycles. The first-order valence-corrected chi connectivity index (χ1v) is 9.37. The minimum atomic E-state index is -0.572. The van der Waals surface area contributed by atoms with Gasteiger partial charge in [-0.1, -0.05) is 6.07 Å². The Balaban J connectivity index is 2.03. The van der Waals surface area contributed by atoms with Gasteiger partial charge in [0.2, 0.25) is 0 Å². The van der Waals surface area contributed by atoms with Crippen LogP contribution in [0.4, 0.5) is 5.00 Å². The van der Waals surface area contributed by atoms with Crippen LogP contribution >= 0.6 is 11.3 Å². The normalized spacial score (nSPS) is 10.4. The molecule has 1 N–H and O–H groups in total. The highest BCUT2D eigenvalue weighted by molar-refractivity contribution is 7.16. The van der Waals surface area contributed by atoms with Crippen molar-refractivity contribution in [1.82, 2.24) is 0 Å². The van der Waals surface area contributed by atoms with E-state index in [1.54, 1.807) is 26.0 Å². The van der Waals surface area contributed by atoms with Gasteiger partial charge in [0.15, 0.2) is 6.61 Å². The van der Waals surface area contributed by atoms with Crippen LogP contribution in [0.15, 0.2) is 18.2 Å². The molecule has 27 heavy (non-hydrogen) atoms. The predicted molar refractivity (Wildman–Crippen MR) is 105 cm³/mol. The zero-order chi connectivity index (χ0) is 20.1. The van der Waals surface area contributed by atoms with E-state index in [1.807, 2.05) is 26.8 Å². The van der Waals surface area contributed by atoms with Crippen LogP contribution in [0.5, 0.6) is 0 Å². The number of benzene rings is 1. The lowest BCUT2D eigenvalue weighted by Crippen LogP contribution is -2.21. The fraction of sp³-hybridized carbons (Fsp3) is 0.350. The first-order valence-electron chi connectivity index (χ1n) is 8.55. The highest BCUT2D eigenvalue weighted by Gasteiger charge is 2.22. The molecule has 6 nitrogen and oxygen atoms in total. The maximum atomic E-state index is 12.2. The average Bonchev–Trinajstić information content (AvgIpc) is 2.89. The first-order chi connectivity index (χ1) is 12.7. The Labute approximate surface area is 162 Å². The summed E-state index contributed by atoms with van der Waals surface area (Å²) in [5, 5.41) is 3.04. The summed E-state index contributed by atoms with van der Waals surface area (Å²) >= 11 is 1.28. The number of thiophene rings is 1. The lowest BCUT2D eigenvalue weighted by Gasteiger charge is -2.08. The molecule has 1 amide bonds. The van der Waals surface area contributed by atoms with Gasteiger partial charge in [0.1, 0.15) is 5.00 Å². The number of hydrogen-bond acceptors (Lipinski definition) is 6. The molecule has 0 spiro atoms. The van der Waals surface area contributed by atoms with Gasteiger partial charge in [0.25, 0.3) is 5.91 Å². The fourth-order valence-corrected chi connectivity index (χ4v) is 3.47. The SMILES string of the molecule is CCOC(=O)c1c(NC(=O)COC(=O)c2ccc(C)c(C)c2)sc(C)c1C. The second-order valence-electron chi connectivity index (χ2n) is 6.13. The Hall–Kier alpha value is -2.67.